The number of piperidine rings is 1. The molecule has 1 aliphatic heterocycles. The van der Waals surface area contributed by atoms with E-state index in [0.717, 1.165) is 12.3 Å². The molecule has 4 heteroatoms. The minimum absolute atomic E-state index is 0.197. The predicted octanol–water partition coefficient (Wildman–Crippen LogP) is 3.60. The van der Waals surface area contributed by atoms with Crippen LogP contribution in [-0.4, -0.2) is 18.8 Å². The Morgan fingerprint density at radius 1 is 1.20 bits per heavy atom. The van der Waals surface area contributed by atoms with Crippen molar-refractivity contribution in [3.05, 3.63) is 0 Å². The highest BCUT2D eigenvalue weighted by Crippen LogP contribution is 2.28. The number of halogens is 3. The standard InChI is InChI=1S/C7H12F3N.C4H10/c1-5-2-3-11-6(4-5)7(8,9)10;1-4(2)3/h5-6,11H,2-4H2,1H3;4H,1-3H3. The highest BCUT2D eigenvalue weighted by Gasteiger charge is 2.41. The van der Waals surface area contributed by atoms with Crippen LogP contribution < -0.4 is 5.32 Å². The van der Waals surface area contributed by atoms with Crippen molar-refractivity contribution in [3.8, 4) is 0 Å². The Labute approximate surface area is 90.4 Å². The van der Waals surface area contributed by atoms with Crippen molar-refractivity contribution in [2.75, 3.05) is 6.54 Å². The summed E-state index contributed by atoms with van der Waals surface area (Å²) in [5, 5.41) is 2.46. The van der Waals surface area contributed by atoms with Crippen LogP contribution in [0, 0.1) is 11.8 Å². The molecule has 15 heavy (non-hydrogen) atoms. The van der Waals surface area contributed by atoms with Gasteiger partial charge in [-0.25, -0.2) is 0 Å². The summed E-state index contributed by atoms with van der Waals surface area (Å²) >= 11 is 0. The predicted molar refractivity (Wildman–Crippen MR) is 56.8 cm³/mol. The smallest absolute Gasteiger partial charge is 0.306 e. The molecule has 0 saturated carbocycles. The minimum Gasteiger partial charge on any atom is -0.306 e. The Morgan fingerprint density at radius 3 is 1.93 bits per heavy atom. The fraction of sp³-hybridized carbons (Fsp3) is 1.00. The lowest BCUT2D eigenvalue weighted by Crippen LogP contribution is -2.47. The van der Waals surface area contributed by atoms with E-state index in [-0.39, 0.29) is 12.3 Å². The first kappa shape index (κ1) is 14.8. The van der Waals surface area contributed by atoms with Gasteiger partial charge in [-0.05, 0) is 31.2 Å². The second-order valence-electron chi connectivity index (χ2n) is 4.91. The number of hydrogen-bond acceptors (Lipinski definition) is 1. The van der Waals surface area contributed by atoms with Gasteiger partial charge in [-0.2, -0.15) is 13.2 Å². The van der Waals surface area contributed by atoms with E-state index in [2.05, 4.69) is 26.1 Å². The molecule has 92 valence electrons. The summed E-state index contributed by atoms with van der Waals surface area (Å²) in [6.45, 7) is 8.85. The van der Waals surface area contributed by atoms with E-state index in [1.54, 1.807) is 0 Å². The maximum absolute atomic E-state index is 12.1. The molecule has 1 saturated heterocycles. The van der Waals surface area contributed by atoms with E-state index < -0.39 is 12.2 Å². The molecule has 1 rings (SSSR count). The van der Waals surface area contributed by atoms with Gasteiger partial charge in [-0.15, -0.1) is 0 Å². The Kier molecular flexibility index (Phi) is 6.25. The Hall–Kier alpha value is -0.250. The Bertz CT molecular complexity index is 163. The average Bonchev–Trinajstić information content (AvgIpc) is 2.01. The first-order valence-electron chi connectivity index (χ1n) is 5.53. The first-order chi connectivity index (χ1) is 6.73. The van der Waals surface area contributed by atoms with Gasteiger partial charge < -0.3 is 5.32 Å². The van der Waals surface area contributed by atoms with Crippen LogP contribution in [0.15, 0.2) is 0 Å². The topological polar surface area (TPSA) is 12.0 Å². The van der Waals surface area contributed by atoms with E-state index in [9.17, 15) is 13.2 Å². The molecule has 0 radical (unpaired) electrons. The van der Waals surface area contributed by atoms with Gasteiger partial charge in [0.1, 0.15) is 6.04 Å². The molecule has 1 nitrogen and oxygen atoms in total. The van der Waals surface area contributed by atoms with Gasteiger partial charge in [0.05, 0.1) is 0 Å². The first-order valence-corrected chi connectivity index (χ1v) is 5.53. The molecule has 1 N–H and O–H groups in total. The van der Waals surface area contributed by atoms with Gasteiger partial charge in [0.25, 0.3) is 0 Å². The zero-order valence-electron chi connectivity index (χ0n) is 9.99. The SMILES string of the molecule is CC(C)C.CC1CCNC(C(F)(F)F)C1. The van der Waals surface area contributed by atoms with E-state index >= 15 is 0 Å². The molecule has 2 atom stereocenters. The van der Waals surface area contributed by atoms with E-state index in [1.165, 1.54) is 0 Å². The van der Waals surface area contributed by atoms with Crippen molar-refractivity contribution in [2.45, 2.75) is 52.8 Å². The fourth-order valence-electron chi connectivity index (χ4n) is 1.36. The zero-order chi connectivity index (χ0) is 12.1. The van der Waals surface area contributed by atoms with Crippen molar-refractivity contribution in [3.63, 3.8) is 0 Å². The van der Waals surface area contributed by atoms with Crippen molar-refractivity contribution >= 4 is 0 Å². The molecule has 0 aromatic carbocycles. The summed E-state index contributed by atoms with van der Waals surface area (Å²) in [7, 11) is 0. The lowest BCUT2D eigenvalue weighted by atomic mass is 9.94. The molecule has 0 spiro atoms. The lowest BCUT2D eigenvalue weighted by molar-refractivity contribution is -0.163. The summed E-state index contributed by atoms with van der Waals surface area (Å²) < 4.78 is 36.2. The number of hydrogen-bond donors (Lipinski definition) is 1. The fourth-order valence-corrected chi connectivity index (χ4v) is 1.36. The third kappa shape index (κ3) is 7.65. The Morgan fingerprint density at radius 2 is 1.67 bits per heavy atom. The van der Waals surface area contributed by atoms with Crippen molar-refractivity contribution in [2.24, 2.45) is 11.8 Å². The molecule has 0 bridgehead atoms. The van der Waals surface area contributed by atoms with Crippen LogP contribution in [-0.2, 0) is 0 Å². The van der Waals surface area contributed by atoms with Gasteiger partial charge in [0, 0.05) is 0 Å². The van der Waals surface area contributed by atoms with Crippen LogP contribution in [0.3, 0.4) is 0 Å². The highest BCUT2D eigenvalue weighted by atomic mass is 19.4. The summed E-state index contributed by atoms with van der Waals surface area (Å²) in [4.78, 5) is 0. The van der Waals surface area contributed by atoms with Crippen molar-refractivity contribution in [1.29, 1.82) is 0 Å². The molecule has 1 fully saturated rings. The summed E-state index contributed by atoms with van der Waals surface area (Å²) in [5.74, 6) is 1.03. The molecule has 0 aliphatic carbocycles. The minimum atomic E-state index is -4.06. The van der Waals surface area contributed by atoms with Crippen LogP contribution in [0.2, 0.25) is 0 Å². The number of nitrogens with one attached hydrogen (secondary N) is 1. The normalized spacial score (nSPS) is 27.2. The van der Waals surface area contributed by atoms with Crippen LogP contribution in [0.1, 0.15) is 40.5 Å². The van der Waals surface area contributed by atoms with Crippen LogP contribution in [0.5, 0.6) is 0 Å². The molecule has 0 aromatic rings. The van der Waals surface area contributed by atoms with E-state index in [0.29, 0.717) is 6.54 Å². The van der Waals surface area contributed by atoms with Gasteiger partial charge in [-0.3, -0.25) is 0 Å². The second-order valence-corrected chi connectivity index (χ2v) is 4.91. The monoisotopic (exact) mass is 225 g/mol. The molecule has 0 aromatic heterocycles. The van der Waals surface area contributed by atoms with Gasteiger partial charge in [0.2, 0.25) is 0 Å². The molecule has 1 heterocycles. The van der Waals surface area contributed by atoms with Crippen molar-refractivity contribution in [1.82, 2.24) is 5.32 Å². The van der Waals surface area contributed by atoms with E-state index in [4.69, 9.17) is 0 Å². The second kappa shape index (κ2) is 6.36. The van der Waals surface area contributed by atoms with Crippen LogP contribution in [0.4, 0.5) is 13.2 Å². The van der Waals surface area contributed by atoms with E-state index in [1.807, 2.05) is 6.92 Å². The van der Waals surface area contributed by atoms with Gasteiger partial charge in [-0.1, -0.05) is 27.7 Å². The lowest BCUT2D eigenvalue weighted by Gasteiger charge is -2.29. The number of alkyl halides is 3. The summed E-state index contributed by atoms with van der Waals surface area (Å²) in [6, 6.07) is -1.27. The van der Waals surface area contributed by atoms with Crippen LogP contribution >= 0.6 is 0 Å². The van der Waals surface area contributed by atoms with Crippen LogP contribution in [0.25, 0.3) is 0 Å². The Balaban J connectivity index is 0.000000423. The molecule has 2 unspecified atom stereocenters. The quantitative estimate of drug-likeness (QED) is 0.664. The van der Waals surface area contributed by atoms with Crippen molar-refractivity contribution < 1.29 is 13.2 Å². The zero-order valence-corrected chi connectivity index (χ0v) is 9.99. The summed E-state index contributed by atoms with van der Waals surface area (Å²) in [5.41, 5.74) is 0. The largest absolute Gasteiger partial charge is 0.403 e. The maximum atomic E-state index is 12.1. The summed E-state index contributed by atoms with van der Waals surface area (Å²) in [6.07, 6.45) is -2.98. The highest BCUT2D eigenvalue weighted by molar-refractivity contribution is 4.81. The molecule has 0 amide bonds. The third-order valence-corrected chi connectivity index (χ3v) is 2.06. The molecular weight excluding hydrogens is 203 g/mol. The third-order valence-electron chi connectivity index (χ3n) is 2.06. The molecular formula is C11H22F3N. The molecule has 1 aliphatic rings. The maximum Gasteiger partial charge on any atom is 0.403 e. The van der Waals surface area contributed by atoms with Gasteiger partial charge in [0.15, 0.2) is 0 Å². The number of rotatable bonds is 0. The van der Waals surface area contributed by atoms with Gasteiger partial charge >= 0.3 is 6.18 Å². The average molecular weight is 225 g/mol.